The maximum Gasteiger partial charge on any atom is 0.573 e. The van der Waals surface area contributed by atoms with Gasteiger partial charge in [-0.25, -0.2) is 0 Å². The molecular formula is C14H19F3N2O2. The van der Waals surface area contributed by atoms with Crippen LogP contribution < -0.4 is 10.1 Å². The van der Waals surface area contributed by atoms with Gasteiger partial charge in [0.25, 0.3) is 0 Å². The lowest BCUT2D eigenvalue weighted by Gasteiger charge is -2.35. The van der Waals surface area contributed by atoms with Crippen LogP contribution in [0.4, 0.5) is 13.2 Å². The minimum absolute atomic E-state index is 0.0149. The Kier molecular flexibility index (Phi) is 5.44. The van der Waals surface area contributed by atoms with Gasteiger partial charge in [0.1, 0.15) is 5.75 Å². The molecule has 2 rings (SSSR count). The summed E-state index contributed by atoms with van der Waals surface area (Å²) in [5.74, 6) is -0.224. The van der Waals surface area contributed by atoms with Crippen LogP contribution in [0.1, 0.15) is 18.0 Å². The van der Waals surface area contributed by atoms with Crippen molar-refractivity contribution in [3.63, 3.8) is 0 Å². The Labute approximate surface area is 121 Å². The Morgan fingerprint density at radius 1 is 1.29 bits per heavy atom. The molecule has 0 bridgehead atoms. The topological polar surface area (TPSA) is 44.7 Å². The minimum Gasteiger partial charge on any atom is -0.406 e. The Hall–Kier alpha value is -1.31. The average molecular weight is 304 g/mol. The van der Waals surface area contributed by atoms with Crippen LogP contribution in [0.2, 0.25) is 0 Å². The van der Waals surface area contributed by atoms with Gasteiger partial charge in [-0.1, -0.05) is 12.1 Å². The summed E-state index contributed by atoms with van der Waals surface area (Å²) in [6.07, 6.45) is -4.21. The summed E-state index contributed by atoms with van der Waals surface area (Å²) in [5.41, 5.74) is 0.729. The van der Waals surface area contributed by atoms with E-state index in [4.69, 9.17) is 0 Å². The van der Waals surface area contributed by atoms with E-state index in [-0.39, 0.29) is 18.4 Å². The first-order valence-electron chi connectivity index (χ1n) is 6.91. The number of aliphatic hydroxyl groups is 1. The van der Waals surface area contributed by atoms with Crippen LogP contribution in [0, 0.1) is 0 Å². The van der Waals surface area contributed by atoms with Gasteiger partial charge in [0.2, 0.25) is 0 Å². The summed E-state index contributed by atoms with van der Waals surface area (Å²) in [6, 6.07) is 5.89. The zero-order valence-corrected chi connectivity index (χ0v) is 11.6. The molecule has 0 aliphatic carbocycles. The second-order valence-electron chi connectivity index (χ2n) is 4.93. The summed E-state index contributed by atoms with van der Waals surface area (Å²) in [6.45, 7) is 3.25. The van der Waals surface area contributed by atoms with Crippen molar-refractivity contribution in [3.8, 4) is 5.75 Å². The van der Waals surface area contributed by atoms with Gasteiger partial charge >= 0.3 is 6.36 Å². The second kappa shape index (κ2) is 7.11. The van der Waals surface area contributed by atoms with Crippen molar-refractivity contribution >= 4 is 0 Å². The van der Waals surface area contributed by atoms with E-state index >= 15 is 0 Å². The summed E-state index contributed by atoms with van der Waals surface area (Å²) in [7, 11) is 0. The molecule has 1 heterocycles. The quantitative estimate of drug-likeness (QED) is 0.872. The predicted molar refractivity (Wildman–Crippen MR) is 72.0 cm³/mol. The molecule has 0 aromatic heterocycles. The molecular weight excluding hydrogens is 285 g/mol. The van der Waals surface area contributed by atoms with Gasteiger partial charge in [-0.2, -0.15) is 0 Å². The smallest absolute Gasteiger partial charge is 0.406 e. The van der Waals surface area contributed by atoms with Crippen LogP contribution in [0.15, 0.2) is 24.3 Å². The van der Waals surface area contributed by atoms with Crippen molar-refractivity contribution in [2.24, 2.45) is 0 Å². The fourth-order valence-corrected chi connectivity index (χ4v) is 2.60. The Bertz CT molecular complexity index is 448. The van der Waals surface area contributed by atoms with E-state index in [0.717, 1.165) is 31.7 Å². The summed E-state index contributed by atoms with van der Waals surface area (Å²) in [5, 5.41) is 12.5. The molecule has 118 valence electrons. The van der Waals surface area contributed by atoms with Crippen molar-refractivity contribution < 1.29 is 23.0 Å². The molecule has 1 saturated heterocycles. The third-order valence-corrected chi connectivity index (χ3v) is 3.47. The molecule has 1 atom stereocenters. The van der Waals surface area contributed by atoms with E-state index in [1.165, 1.54) is 12.1 Å². The maximum absolute atomic E-state index is 12.3. The van der Waals surface area contributed by atoms with Crippen LogP contribution in [0.25, 0.3) is 0 Å². The first-order chi connectivity index (χ1) is 9.99. The standard InChI is InChI=1S/C14H19F3N2O2/c15-14(16,17)21-12-3-1-2-11(10-12)13(4-9-20)19-7-5-18-6-8-19/h1-3,10,13,18,20H,4-9H2/t13-/m1/s1. The largest absolute Gasteiger partial charge is 0.573 e. The number of aliphatic hydroxyl groups excluding tert-OH is 1. The molecule has 2 N–H and O–H groups in total. The molecule has 0 amide bonds. The van der Waals surface area contributed by atoms with Gasteiger partial charge in [0.05, 0.1) is 0 Å². The molecule has 0 radical (unpaired) electrons. The molecule has 7 heteroatoms. The van der Waals surface area contributed by atoms with Gasteiger partial charge in [0, 0.05) is 38.8 Å². The van der Waals surface area contributed by atoms with Gasteiger partial charge < -0.3 is 15.2 Å². The van der Waals surface area contributed by atoms with Gasteiger partial charge in [-0.3, -0.25) is 4.90 Å². The SMILES string of the molecule is OCC[C@H](c1cccc(OC(F)(F)F)c1)N1CCNCC1. The molecule has 0 unspecified atom stereocenters. The lowest BCUT2D eigenvalue weighted by atomic mass is 10.0. The zero-order chi connectivity index (χ0) is 15.3. The molecule has 1 aromatic carbocycles. The highest BCUT2D eigenvalue weighted by molar-refractivity contribution is 5.31. The number of alkyl halides is 3. The average Bonchev–Trinajstić information content (AvgIpc) is 2.44. The van der Waals surface area contributed by atoms with Gasteiger partial charge in [-0.05, 0) is 24.1 Å². The van der Waals surface area contributed by atoms with E-state index in [9.17, 15) is 18.3 Å². The highest BCUT2D eigenvalue weighted by atomic mass is 19.4. The number of nitrogens with zero attached hydrogens (tertiary/aromatic N) is 1. The molecule has 21 heavy (non-hydrogen) atoms. The van der Waals surface area contributed by atoms with Crippen LogP contribution in [0.3, 0.4) is 0 Å². The highest BCUT2D eigenvalue weighted by Crippen LogP contribution is 2.29. The lowest BCUT2D eigenvalue weighted by Crippen LogP contribution is -2.45. The summed E-state index contributed by atoms with van der Waals surface area (Å²) in [4.78, 5) is 2.17. The molecule has 1 aliphatic rings. The van der Waals surface area contributed by atoms with Crippen molar-refractivity contribution in [2.75, 3.05) is 32.8 Å². The zero-order valence-electron chi connectivity index (χ0n) is 11.6. The monoisotopic (exact) mass is 304 g/mol. The minimum atomic E-state index is -4.69. The fourth-order valence-electron chi connectivity index (χ4n) is 2.60. The molecule has 0 saturated carbocycles. The number of piperazine rings is 1. The number of rotatable bonds is 5. The summed E-state index contributed by atoms with van der Waals surface area (Å²) >= 11 is 0. The van der Waals surface area contributed by atoms with Crippen molar-refractivity contribution in [2.45, 2.75) is 18.8 Å². The molecule has 1 aromatic rings. The number of ether oxygens (including phenoxy) is 1. The van der Waals surface area contributed by atoms with Crippen molar-refractivity contribution in [1.82, 2.24) is 10.2 Å². The molecule has 1 fully saturated rings. The first kappa shape index (κ1) is 16.1. The van der Waals surface area contributed by atoms with Crippen molar-refractivity contribution in [3.05, 3.63) is 29.8 Å². The third kappa shape index (κ3) is 4.87. The Morgan fingerprint density at radius 3 is 2.62 bits per heavy atom. The van der Waals surface area contributed by atoms with E-state index in [1.807, 2.05) is 0 Å². The normalized spacial score (nSPS) is 18.5. The summed E-state index contributed by atoms with van der Waals surface area (Å²) < 4.78 is 40.9. The van der Waals surface area contributed by atoms with Crippen LogP contribution in [-0.2, 0) is 0 Å². The molecule has 1 aliphatic heterocycles. The van der Waals surface area contributed by atoms with E-state index in [2.05, 4.69) is 15.0 Å². The Morgan fingerprint density at radius 2 is 2.00 bits per heavy atom. The number of nitrogens with one attached hydrogen (secondary N) is 1. The number of hydrogen-bond donors (Lipinski definition) is 2. The number of hydrogen-bond acceptors (Lipinski definition) is 4. The van der Waals surface area contributed by atoms with Crippen molar-refractivity contribution in [1.29, 1.82) is 0 Å². The highest BCUT2D eigenvalue weighted by Gasteiger charge is 2.31. The fraction of sp³-hybridized carbons (Fsp3) is 0.571. The van der Waals surface area contributed by atoms with Crippen LogP contribution in [-0.4, -0.2) is 49.2 Å². The van der Waals surface area contributed by atoms with Gasteiger partial charge in [-0.15, -0.1) is 13.2 Å². The van der Waals surface area contributed by atoms with E-state index in [1.54, 1.807) is 12.1 Å². The number of halogens is 3. The maximum atomic E-state index is 12.3. The van der Waals surface area contributed by atoms with Crippen LogP contribution in [0.5, 0.6) is 5.75 Å². The van der Waals surface area contributed by atoms with Crippen LogP contribution >= 0.6 is 0 Å². The molecule has 4 nitrogen and oxygen atoms in total. The van der Waals surface area contributed by atoms with Gasteiger partial charge in [0.15, 0.2) is 0 Å². The second-order valence-corrected chi connectivity index (χ2v) is 4.93. The molecule has 0 spiro atoms. The lowest BCUT2D eigenvalue weighted by molar-refractivity contribution is -0.274. The van der Waals surface area contributed by atoms with E-state index in [0.29, 0.717) is 6.42 Å². The first-order valence-corrected chi connectivity index (χ1v) is 6.91. The predicted octanol–water partition coefficient (Wildman–Crippen LogP) is 1.91. The third-order valence-electron chi connectivity index (χ3n) is 3.47. The van der Waals surface area contributed by atoms with E-state index < -0.39 is 6.36 Å². The number of benzene rings is 1. The Balaban J connectivity index is 2.17.